The predicted octanol–water partition coefficient (Wildman–Crippen LogP) is 3.72. The fourth-order valence-electron chi connectivity index (χ4n) is 2.69. The van der Waals surface area contributed by atoms with E-state index >= 15 is 0 Å². The molecule has 1 saturated heterocycles. The van der Waals surface area contributed by atoms with Gasteiger partial charge in [0.1, 0.15) is 11.8 Å². The lowest BCUT2D eigenvalue weighted by molar-refractivity contribution is -0.0172. The zero-order chi connectivity index (χ0) is 17.0. The Balaban J connectivity index is 2.64. The summed E-state index contributed by atoms with van der Waals surface area (Å²) in [5, 5.41) is 0. The third-order valence-corrected chi connectivity index (χ3v) is 7.20. The Kier molecular flexibility index (Phi) is 11.3. The molecule has 0 amide bonds. The van der Waals surface area contributed by atoms with Gasteiger partial charge in [0.2, 0.25) is 0 Å². The van der Waals surface area contributed by atoms with Gasteiger partial charge < -0.3 is 22.8 Å². The quantitative estimate of drug-likeness (QED) is 0.242. The highest BCUT2D eigenvalue weighted by molar-refractivity contribution is 6.62. The van der Waals surface area contributed by atoms with Crippen LogP contribution in [0.15, 0.2) is 0 Å². The molecule has 0 N–H and O–H groups in total. The second kappa shape index (κ2) is 12.4. The smallest absolute Gasteiger partial charge is 0.372 e. The summed E-state index contributed by atoms with van der Waals surface area (Å²) in [6.45, 7) is 11.4. The number of ether oxygens (including phenoxy) is 2. The van der Waals surface area contributed by atoms with E-state index in [0.717, 1.165) is 19.4 Å². The van der Waals surface area contributed by atoms with E-state index in [1.54, 1.807) is 0 Å². The molecule has 0 aromatic rings. The molecule has 0 aliphatic carbocycles. The highest BCUT2D eigenvalue weighted by atomic mass is 28.4. The Morgan fingerprint density at radius 3 is 1.96 bits per heavy atom. The van der Waals surface area contributed by atoms with Gasteiger partial charge in [-0.2, -0.15) is 0 Å². The van der Waals surface area contributed by atoms with Crippen molar-refractivity contribution in [3.63, 3.8) is 0 Å². The van der Waals surface area contributed by atoms with Gasteiger partial charge in [-0.15, -0.1) is 0 Å². The Labute approximate surface area is 143 Å². The molecule has 0 bridgehead atoms. The largest absolute Gasteiger partial charge is 0.531 e. The van der Waals surface area contributed by atoms with E-state index in [1.807, 2.05) is 20.8 Å². The SMILES string of the molecule is CCCCCCCC(OCC1CO1)[Si](OCC)(OCC)OCC. The fraction of sp³-hybridized carbons (Fsp3) is 1.00. The van der Waals surface area contributed by atoms with Crippen LogP contribution >= 0.6 is 0 Å². The lowest BCUT2D eigenvalue weighted by atomic mass is 10.1. The van der Waals surface area contributed by atoms with Crippen molar-refractivity contribution in [3.05, 3.63) is 0 Å². The standard InChI is InChI=1S/C17H36O5Si/c1-5-9-10-11-12-13-17(19-15-16-14-18-16)23(20-6-2,21-7-3)22-8-4/h16-17H,5-15H2,1-4H3. The average Bonchev–Trinajstić information content (AvgIpc) is 3.35. The van der Waals surface area contributed by atoms with Crippen LogP contribution in [-0.4, -0.2) is 53.7 Å². The molecule has 5 nitrogen and oxygen atoms in total. The van der Waals surface area contributed by atoms with Crippen molar-refractivity contribution in [3.8, 4) is 0 Å². The number of hydrogen-bond donors (Lipinski definition) is 0. The van der Waals surface area contributed by atoms with E-state index in [-0.39, 0.29) is 11.8 Å². The molecule has 23 heavy (non-hydrogen) atoms. The van der Waals surface area contributed by atoms with Crippen LogP contribution in [0.1, 0.15) is 66.2 Å². The number of epoxide rings is 1. The van der Waals surface area contributed by atoms with Crippen LogP contribution < -0.4 is 0 Å². The van der Waals surface area contributed by atoms with Crippen LogP contribution in [0, 0.1) is 0 Å². The number of hydrogen-bond acceptors (Lipinski definition) is 5. The first-order valence-electron chi connectivity index (χ1n) is 9.37. The molecule has 2 atom stereocenters. The number of rotatable bonds is 16. The summed E-state index contributed by atoms with van der Waals surface area (Å²) in [6, 6.07) is 0. The Morgan fingerprint density at radius 1 is 0.913 bits per heavy atom. The van der Waals surface area contributed by atoms with Gasteiger partial charge in [0.15, 0.2) is 0 Å². The van der Waals surface area contributed by atoms with Crippen molar-refractivity contribution in [2.45, 2.75) is 78.1 Å². The molecule has 1 rings (SSSR count). The third kappa shape index (κ3) is 8.09. The molecule has 1 fully saturated rings. The second-order valence-corrected chi connectivity index (χ2v) is 8.60. The van der Waals surface area contributed by atoms with Crippen molar-refractivity contribution in [2.24, 2.45) is 0 Å². The molecular formula is C17H36O5Si. The zero-order valence-corrected chi connectivity index (χ0v) is 16.5. The maximum absolute atomic E-state index is 6.16. The summed E-state index contributed by atoms with van der Waals surface area (Å²) >= 11 is 0. The van der Waals surface area contributed by atoms with Gasteiger partial charge >= 0.3 is 8.80 Å². The molecule has 1 aliphatic heterocycles. The highest BCUT2D eigenvalue weighted by Crippen LogP contribution is 2.25. The first kappa shape index (κ1) is 21.1. The van der Waals surface area contributed by atoms with Gasteiger partial charge in [0.05, 0.1) is 13.2 Å². The average molecular weight is 349 g/mol. The normalized spacial score (nSPS) is 19.0. The van der Waals surface area contributed by atoms with E-state index < -0.39 is 8.80 Å². The molecule has 6 heteroatoms. The fourth-order valence-corrected chi connectivity index (χ4v) is 5.56. The first-order chi connectivity index (χ1) is 11.2. The first-order valence-corrected chi connectivity index (χ1v) is 11.2. The van der Waals surface area contributed by atoms with Gasteiger partial charge in [-0.25, -0.2) is 0 Å². The van der Waals surface area contributed by atoms with E-state index in [2.05, 4.69) is 6.92 Å². The second-order valence-electron chi connectivity index (χ2n) is 5.88. The van der Waals surface area contributed by atoms with Crippen molar-refractivity contribution >= 4 is 8.80 Å². The van der Waals surface area contributed by atoms with Crippen LogP contribution in [-0.2, 0) is 22.8 Å². The minimum Gasteiger partial charge on any atom is -0.372 e. The molecule has 1 aliphatic rings. The topological polar surface area (TPSA) is 49.5 Å². The Bertz CT molecular complexity index is 269. The molecule has 138 valence electrons. The summed E-state index contributed by atoms with van der Waals surface area (Å²) in [6.07, 6.45) is 7.36. The van der Waals surface area contributed by atoms with E-state index in [9.17, 15) is 0 Å². The highest BCUT2D eigenvalue weighted by Gasteiger charge is 2.50. The van der Waals surface area contributed by atoms with Gasteiger partial charge in [-0.05, 0) is 27.2 Å². The van der Waals surface area contributed by atoms with Crippen LogP contribution in [0.2, 0.25) is 0 Å². The third-order valence-electron chi connectivity index (χ3n) is 3.89. The molecule has 0 spiro atoms. The summed E-state index contributed by atoms with van der Waals surface area (Å²) < 4.78 is 29.5. The van der Waals surface area contributed by atoms with E-state index in [0.29, 0.717) is 26.4 Å². The molecule has 0 saturated carbocycles. The van der Waals surface area contributed by atoms with Crippen LogP contribution in [0.25, 0.3) is 0 Å². The molecule has 0 aromatic carbocycles. The molecule has 1 heterocycles. The van der Waals surface area contributed by atoms with E-state index in [4.69, 9.17) is 22.8 Å². The Hall–Kier alpha value is 0.0169. The molecule has 0 aromatic heterocycles. The predicted molar refractivity (Wildman–Crippen MR) is 93.5 cm³/mol. The van der Waals surface area contributed by atoms with Crippen molar-refractivity contribution < 1.29 is 22.8 Å². The van der Waals surface area contributed by atoms with Gasteiger partial charge in [0, 0.05) is 19.8 Å². The molecular weight excluding hydrogens is 312 g/mol. The number of unbranched alkanes of at least 4 members (excludes halogenated alkanes) is 4. The van der Waals surface area contributed by atoms with Gasteiger partial charge in [0.25, 0.3) is 0 Å². The summed E-state index contributed by atoms with van der Waals surface area (Å²) in [4.78, 5) is 0. The van der Waals surface area contributed by atoms with Crippen molar-refractivity contribution in [2.75, 3.05) is 33.0 Å². The minimum absolute atomic E-state index is 0.0897. The monoisotopic (exact) mass is 348 g/mol. The Morgan fingerprint density at radius 2 is 1.48 bits per heavy atom. The van der Waals surface area contributed by atoms with Crippen molar-refractivity contribution in [1.29, 1.82) is 0 Å². The molecule has 2 unspecified atom stereocenters. The minimum atomic E-state index is -2.81. The van der Waals surface area contributed by atoms with Gasteiger partial charge in [-0.3, -0.25) is 0 Å². The molecule has 0 radical (unpaired) electrons. The van der Waals surface area contributed by atoms with E-state index in [1.165, 1.54) is 25.7 Å². The maximum atomic E-state index is 6.16. The van der Waals surface area contributed by atoms with Gasteiger partial charge in [-0.1, -0.05) is 39.0 Å². The zero-order valence-electron chi connectivity index (χ0n) is 15.5. The lowest BCUT2D eigenvalue weighted by Crippen LogP contribution is -2.58. The van der Waals surface area contributed by atoms with Crippen LogP contribution in [0.4, 0.5) is 0 Å². The van der Waals surface area contributed by atoms with Crippen LogP contribution in [0.3, 0.4) is 0 Å². The summed E-state index contributed by atoms with van der Waals surface area (Å²) in [5.41, 5.74) is -0.0897. The summed E-state index contributed by atoms with van der Waals surface area (Å²) in [5.74, 6) is 0. The lowest BCUT2D eigenvalue weighted by Gasteiger charge is -2.35. The van der Waals surface area contributed by atoms with Crippen molar-refractivity contribution in [1.82, 2.24) is 0 Å². The maximum Gasteiger partial charge on any atom is 0.531 e. The van der Waals surface area contributed by atoms with Crippen LogP contribution in [0.5, 0.6) is 0 Å². The summed E-state index contributed by atoms with van der Waals surface area (Å²) in [7, 11) is -2.81.